The quantitative estimate of drug-likeness (QED) is 0.826. The second-order valence-electron chi connectivity index (χ2n) is 4.44. The summed E-state index contributed by atoms with van der Waals surface area (Å²) in [4.78, 5) is 11.4. The Kier molecular flexibility index (Phi) is 5.10. The van der Waals surface area contributed by atoms with E-state index in [1.54, 1.807) is 12.1 Å². The van der Waals surface area contributed by atoms with E-state index in [1.165, 1.54) is 12.1 Å². The van der Waals surface area contributed by atoms with Crippen LogP contribution in [0.3, 0.4) is 0 Å². The molecular weight excluding hydrogens is 221 g/mol. The molecule has 4 heteroatoms. The third-order valence-corrected chi connectivity index (χ3v) is 2.35. The zero-order valence-electron chi connectivity index (χ0n) is 10.1. The highest BCUT2D eigenvalue weighted by atomic mass is 19.1. The first-order valence-corrected chi connectivity index (χ1v) is 5.70. The molecule has 0 aliphatic carbocycles. The lowest BCUT2D eigenvalue weighted by atomic mass is 10.1. The third-order valence-electron chi connectivity index (χ3n) is 2.35. The zero-order chi connectivity index (χ0) is 12.8. The van der Waals surface area contributed by atoms with Crippen LogP contribution in [0, 0.1) is 11.7 Å². The molecule has 1 aromatic rings. The fourth-order valence-electron chi connectivity index (χ4n) is 1.51. The van der Waals surface area contributed by atoms with Gasteiger partial charge in [0.2, 0.25) is 5.91 Å². The van der Waals surface area contributed by atoms with Crippen LogP contribution >= 0.6 is 0 Å². The van der Waals surface area contributed by atoms with Crippen molar-refractivity contribution in [3.8, 4) is 0 Å². The SMILES string of the molecule is CC(C)CC(=O)NC[C@H](O)c1ccccc1F. The van der Waals surface area contributed by atoms with Gasteiger partial charge in [-0.15, -0.1) is 0 Å². The van der Waals surface area contributed by atoms with Gasteiger partial charge in [-0.2, -0.15) is 0 Å². The van der Waals surface area contributed by atoms with Gasteiger partial charge in [0.1, 0.15) is 5.82 Å². The van der Waals surface area contributed by atoms with E-state index in [1.807, 2.05) is 13.8 Å². The number of aliphatic hydroxyl groups excluding tert-OH is 1. The van der Waals surface area contributed by atoms with E-state index in [4.69, 9.17) is 0 Å². The standard InChI is InChI=1S/C13H18FNO2/c1-9(2)7-13(17)15-8-12(16)10-5-3-4-6-11(10)14/h3-6,9,12,16H,7-8H2,1-2H3,(H,15,17)/t12-/m0/s1. The van der Waals surface area contributed by atoms with Crippen LogP contribution in [0.4, 0.5) is 4.39 Å². The Hall–Kier alpha value is -1.42. The van der Waals surface area contributed by atoms with Gasteiger partial charge in [0.05, 0.1) is 6.10 Å². The molecular formula is C13H18FNO2. The molecule has 0 saturated carbocycles. The molecule has 17 heavy (non-hydrogen) atoms. The van der Waals surface area contributed by atoms with E-state index in [0.717, 1.165) is 0 Å². The topological polar surface area (TPSA) is 49.3 Å². The van der Waals surface area contributed by atoms with Crippen LogP contribution in [0.25, 0.3) is 0 Å². The van der Waals surface area contributed by atoms with Crippen LogP contribution in [-0.4, -0.2) is 17.6 Å². The van der Waals surface area contributed by atoms with E-state index >= 15 is 0 Å². The number of benzene rings is 1. The van der Waals surface area contributed by atoms with Gasteiger partial charge >= 0.3 is 0 Å². The maximum Gasteiger partial charge on any atom is 0.220 e. The molecule has 1 rings (SSSR count). The Morgan fingerprint density at radius 2 is 2.06 bits per heavy atom. The zero-order valence-corrected chi connectivity index (χ0v) is 10.1. The Labute approximate surface area is 101 Å². The van der Waals surface area contributed by atoms with Crippen molar-refractivity contribution in [3.63, 3.8) is 0 Å². The largest absolute Gasteiger partial charge is 0.386 e. The first-order chi connectivity index (χ1) is 8.00. The summed E-state index contributed by atoms with van der Waals surface area (Å²) < 4.78 is 13.3. The molecule has 0 bridgehead atoms. The van der Waals surface area contributed by atoms with Gasteiger partial charge in [-0.1, -0.05) is 32.0 Å². The summed E-state index contributed by atoms with van der Waals surface area (Å²) in [6, 6.07) is 6.00. The van der Waals surface area contributed by atoms with Crippen molar-refractivity contribution in [2.24, 2.45) is 5.92 Å². The van der Waals surface area contributed by atoms with Gasteiger partial charge in [-0.25, -0.2) is 4.39 Å². The van der Waals surface area contributed by atoms with E-state index < -0.39 is 11.9 Å². The molecule has 1 atom stereocenters. The summed E-state index contributed by atoms with van der Waals surface area (Å²) in [5, 5.41) is 12.3. The molecule has 0 spiro atoms. The minimum atomic E-state index is -1.01. The van der Waals surface area contributed by atoms with Crippen molar-refractivity contribution in [2.45, 2.75) is 26.4 Å². The normalized spacial score (nSPS) is 12.5. The number of carbonyl (C=O) groups is 1. The minimum Gasteiger partial charge on any atom is -0.386 e. The molecule has 0 aliphatic rings. The highest BCUT2D eigenvalue weighted by molar-refractivity contribution is 5.76. The fourth-order valence-corrected chi connectivity index (χ4v) is 1.51. The minimum absolute atomic E-state index is 0.0342. The predicted molar refractivity (Wildman–Crippen MR) is 63.8 cm³/mol. The monoisotopic (exact) mass is 239 g/mol. The molecule has 0 unspecified atom stereocenters. The number of nitrogens with one attached hydrogen (secondary N) is 1. The summed E-state index contributed by atoms with van der Waals surface area (Å²) in [6.45, 7) is 3.91. The number of aliphatic hydroxyl groups is 1. The maximum atomic E-state index is 13.3. The average molecular weight is 239 g/mol. The number of amides is 1. The Morgan fingerprint density at radius 1 is 1.41 bits per heavy atom. The second kappa shape index (κ2) is 6.35. The molecule has 0 aliphatic heterocycles. The van der Waals surface area contributed by atoms with Gasteiger partial charge in [0.15, 0.2) is 0 Å². The molecule has 94 valence electrons. The van der Waals surface area contributed by atoms with Gasteiger partial charge in [-0.05, 0) is 12.0 Å². The third kappa shape index (κ3) is 4.53. The summed E-state index contributed by atoms with van der Waals surface area (Å²) in [7, 11) is 0. The average Bonchev–Trinajstić information content (AvgIpc) is 2.25. The van der Waals surface area contributed by atoms with Crippen molar-refractivity contribution in [3.05, 3.63) is 35.6 Å². The molecule has 0 heterocycles. The molecule has 1 aromatic carbocycles. The number of rotatable bonds is 5. The van der Waals surface area contributed by atoms with Crippen molar-refractivity contribution in [1.82, 2.24) is 5.32 Å². The van der Waals surface area contributed by atoms with Crippen LogP contribution < -0.4 is 5.32 Å². The number of hydrogen-bond donors (Lipinski definition) is 2. The highest BCUT2D eigenvalue weighted by Gasteiger charge is 2.13. The second-order valence-corrected chi connectivity index (χ2v) is 4.44. The summed E-state index contributed by atoms with van der Waals surface area (Å²) in [6.07, 6.45) is -0.600. The molecule has 1 amide bonds. The molecule has 3 nitrogen and oxygen atoms in total. The highest BCUT2D eigenvalue weighted by Crippen LogP contribution is 2.15. The molecule has 0 aromatic heterocycles. The van der Waals surface area contributed by atoms with Crippen LogP contribution in [0.1, 0.15) is 31.9 Å². The maximum absolute atomic E-state index is 13.3. The first kappa shape index (κ1) is 13.6. The number of halogens is 1. The molecule has 0 fully saturated rings. The van der Waals surface area contributed by atoms with Crippen LogP contribution in [0.2, 0.25) is 0 Å². The van der Waals surface area contributed by atoms with Gasteiger partial charge in [-0.3, -0.25) is 4.79 Å². The number of carbonyl (C=O) groups excluding carboxylic acids is 1. The van der Waals surface area contributed by atoms with E-state index in [9.17, 15) is 14.3 Å². The summed E-state index contributed by atoms with van der Waals surface area (Å²) >= 11 is 0. The van der Waals surface area contributed by atoms with Crippen LogP contribution in [0.5, 0.6) is 0 Å². The van der Waals surface area contributed by atoms with Crippen LogP contribution in [-0.2, 0) is 4.79 Å². The molecule has 2 N–H and O–H groups in total. The van der Waals surface area contributed by atoms with Gasteiger partial charge in [0, 0.05) is 18.5 Å². The van der Waals surface area contributed by atoms with Crippen molar-refractivity contribution in [2.75, 3.05) is 6.54 Å². The van der Waals surface area contributed by atoms with Gasteiger partial charge in [0.25, 0.3) is 0 Å². The summed E-state index contributed by atoms with van der Waals surface area (Å²) in [5.74, 6) is -0.325. The predicted octanol–water partition coefficient (Wildman–Crippen LogP) is 2.02. The molecule has 0 radical (unpaired) electrons. The lowest BCUT2D eigenvalue weighted by molar-refractivity contribution is -0.122. The lowest BCUT2D eigenvalue weighted by Gasteiger charge is -2.13. The Bertz CT molecular complexity index is 379. The van der Waals surface area contributed by atoms with Crippen molar-refractivity contribution >= 4 is 5.91 Å². The van der Waals surface area contributed by atoms with Crippen molar-refractivity contribution < 1.29 is 14.3 Å². The number of hydrogen-bond acceptors (Lipinski definition) is 2. The van der Waals surface area contributed by atoms with Crippen LogP contribution in [0.15, 0.2) is 24.3 Å². The van der Waals surface area contributed by atoms with E-state index in [-0.39, 0.29) is 23.9 Å². The summed E-state index contributed by atoms with van der Waals surface area (Å²) in [5.41, 5.74) is 0.206. The van der Waals surface area contributed by atoms with Crippen molar-refractivity contribution in [1.29, 1.82) is 0 Å². The Balaban J connectivity index is 2.48. The van der Waals surface area contributed by atoms with Gasteiger partial charge < -0.3 is 10.4 Å². The first-order valence-electron chi connectivity index (χ1n) is 5.70. The van der Waals surface area contributed by atoms with E-state index in [2.05, 4.69) is 5.32 Å². The molecule has 0 saturated heterocycles. The Morgan fingerprint density at radius 3 is 2.65 bits per heavy atom. The fraction of sp³-hybridized carbons (Fsp3) is 0.462. The lowest BCUT2D eigenvalue weighted by Crippen LogP contribution is -2.29. The smallest absolute Gasteiger partial charge is 0.220 e. The van der Waals surface area contributed by atoms with E-state index in [0.29, 0.717) is 6.42 Å².